The number of carboxylic acids is 1. The fourth-order valence-electron chi connectivity index (χ4n) is 3.53. The van der Waals surface area contributed by atoms with Crippen molar-refractivity contribution in [3.8, 4) is 0 Å². The molecule has 3 unspecified atom stereocenters. The first-order valence-electron chi connectivity index (χ1n) is 7.62. The summed E-state index contributed by atoms with van der Waals surface area (Å²) >= 11 is 0. The Balaban J connectivity index is 2.04. The van der Waals surface area contributed by atoms with E-state index in [1.54, 1.807) is 4.90 Å². The topological polar surface area (TPSA) is 69.6 Å². The molecular weight excluding hydrogens is 256 g/mol. The molecule has 5 nitrogen and oxygen atoms in total. The van der Waals surface area contributed by atoms with E-state index in [0.29, 0.717) is 25.6 Å². The minimum atomic E-state index is -0.763. The van der Waals surface area contributed by atoms with E-state index in [1.165, 1.54) is 0 Å². The monoisotopic (exact) mass is 282 g/mol. The van der Waals surface area contributed by atoms with Gasteiger partial charge in [0.15, 0.2) is 0 Å². The lowest BCUT2D eigenvalue weighted by Crippen LogP contribution is -2.45. The quantitative estimate of drug-likeness (QED) is 0.819. The number of aliphatic carboxylic acids is 1. The lowest BCUT2D eigenvalue weighted by molar-refractivity contribution is -0.151. The van der Waals surface area contributed by atoms with Gasteiger partial charge in [-0.3, -0.25) is 9.59 Å². The number of nitrogens with one attached hydrogen (secondary N) is 1. The summed E-state index contributed by atoms with van der Waals surface area (Å²) in [7, 11) is 0. The molecule has 3 atom stereocenters. The van der Waals surface area contributed by atoms with Gasteiger partial charge in [0.25, 0.3) is 0 Å². The molecule has 1 amide bonds. The number of carboxylic acid groups (broad SMARTS) is 1. The first-order valence-corrected chi connectivity index (χ1v) is 7.62. The molecule has 2 rings (SSSR count). The first-order chi connectivity index (χ1) is 9.36. The molecule has 0 bridgehead atoms. The number of piperidine rings is 1. The van der Waals surface area contributed by atoms with Crippen molar-refractivity contribution in [1.82, 2.24) is 10.2 Å². The van der Waals surface area contributed by atoms with Gasteiger partial charge >= 0.3 is 5.97 Å². The molecule has 2 N–H and O–H groups in total. The maximum atomic E-state index is 12.6. The number of hydrogen-bond donors (Lipinski definition) is 2. The Morgan fingerprint density at radius 2 is 2.10 bits per heavy atom. The lowest BCUT2D eigenvalue weighted by atomic mass is 9.76. The summed E-state index contributed by atoms with van der Waals surface area (Å²) in [6.45, 7) is 7.81. The number of amides is 1. The van der Waals surface area contributed by atoms with E-state index in [1.807, 2.05) is 13.8 Å². The second-order valence-electron chi connectivity index (χ2n) is 6.70. The Bertz CT molecular complexity index is 397. The van der Waals surface area contributed by atoms with Crippen LogP contribution in [0.3, 0.4) is 0 Å². The largest absolute Gasteiger partial charge is 0.481 e. The first kappa shape index (κ1) is 15.3. The average molecular weight is 282 g/mol. The summed E-state index contributed by atoms with van der Waals surface area (Å²) in [6.07, 6.45) is 2.30. The Hall–Kier alpha value is -1.10. The summed E-state index contributed by atoms with van der Waals surface area (Å²) < 4.78 is 0. The van der Waals surface area contributed by atoms with Gasteiger partial charge in [0.2, 0.25) is 5.91 Å². The van der Waals surface area contributed by atoms with E-state index in [-0.39, 0.29) is 17.7 Å². The van der Waals surface area contributed by atoms with Crippen LogP contribution in [0.25, 0.3) is 0 Å². The summed E-state index contributed by atoms with van der Waals surface area (Å²) in [5, 5.41) is 12.9. The van der Waals surface area contributed by atoms with Gasteiger partial charge in [0, 0.05) is 25.0 Å². The summed E-state index contributed by atoms with van der Waals surface area (Å²) in [6, 6.07) is 0.370. The van der Waals surface area contributed by atoms with Gasteiger partial charge in [-0.25, -0.2) is 0 Å². The van der Waals surface area contributed by atoms with E-state index in [2.05, 4.69) is 12.2 Å². The number of likely N-dealkylation sites (tertiary alicyclic amines) is 1. The van der Waals surface area contributed by atoms with Gasteiger partial charge in [0.05, 0.1) is 5.41 Å². The summed E-state index contributed by atoms with van der Waals surface area (Å²) in [5.41, 5.74) is -0.756. The second kappa shape index (κ2) is 5.72. The number of carbonyl (C=O) groups excluding carboxylic acids is 1. The Morgan fingerprint density at radius 1 is 1.40 bits per heavy atom. The van der Waals surface area contributed by atoms with Crippen LogP contribution < -0.4 is 5.32 Å². The highest BCUT2D eigenvalue weighted by Crippen LogP contribution is 2.39. The maximum absolute atomic E-state index is 12.6. The second-order valence-corrected chi connectivity index (χ2v) is 6.70. The fraction of sp³-hybridized carbons (Fsp3) is 0.867. The predicted octanol–water partition coefficient (Wildman–Crippen LogP) is 1.33. The van der Waals surface area contributed by atoms with Crippen LogP contribution in [-0.4, -0.2) is 47.6 Å². The highest BCUT2D eigenvalue weighted by atomic mass is 16.4. The van der Waals surface area contributed by atoms with Crippen molar-refractivity contribution in [2.45, 2.75) is 46.1 Å². The summed E-state index contributed by atoms with van der Waals surface area (Å²) in [4.78, 5) is 26.0. The molecule has 0 saturated carbocycles. The van der Waals surface area contributed by atoms with E-state index in [0.717, 1.165) is 19.4 Å². The van der Waals surface area contributed by atoms with Crippen LogP contribution in [-0.2, 0) is 9.59 Å². The highest BCUT2D eigenvalue weighted by Gasteiger charge is 2.49. The molecule has 2 heterocycles. The molecule has 5 heteroatoms. The van der Waals surface area contributed by atoms with Crippen LogP contribution in [0.5, 0.6) is 0 Å². The van der Waals surface area contributed by atoms with Crippen molar-refractivity contribution in [3.63, 3.8) is 0 Å². The van der Waals surface area contributed by atoms with Crippen LogP contribution in [0.1, 0.15) is 40.0 Å². The predicted molar refractivity (Wildman–Crippen MR) is 76.3 cm³/mol. The molecule has 0 aliphatic carbocycles. The van der Waals surface area contributed by atoms with Crippen LogP contribution >= 0.6 is 0 Å². The smallest absolute Gasteiger partial charge is 0.311 e. The van der Waals surface area contributed by atoms with Gasteiger partial charge in [-0.15, -0.1) is 0 Å². The van der Waals surface area contributed by atoms with Crippen molar-refractivity contribution < 1.29 is 14.7 Å². The minimum absolute atomic E-state index is 0.0461. The maximum Gasteiger partial charge on any atom is 0.311 e. The normalized spacial score (nSPS) is 34.5. The third-order valence-electron chi connectivity index (χ3n) is 5.12. The minimum Gasteiger partial charge on any atom is -0.481 e. The van der Waals surface area contributed by atoms with Crippen LogP contribution in [0.2, 0.25) is 0 Å². The van der Waals surface area contributed by atoms with Gasteiger partial charge < -0.3 is 15.3 Å². The zero-order valence-electron chi connectivity index (χ0n) is 12.7. The third kappa shape index (κ3) is 2.68. The fourth-order valence-corrected chi connectivity index (χ4v) is 3.53. The van der Waals surface area contributed by atoms with Gasteiger partial charge in [-0.2, -0.15) is 0 Å². The standard InChI is InChI=1S/C15H26N2O3/c1-10(2)15(14(19)20)5-7-17(9-15)13(18)12-4-6-16-11(3)8-12/h10-12,16H,4-9H2,1-3H3,(H,19,20). The zero-order valence-corrected chi connectivity index (χ0v) is 12.7. The Kier molecular flexibility index (Phi) is 4.37. The molecule has 114 valence electrons. The molecular formula is C15H26N2O3. The van der Waals surface area contributed by atoms with Crippen molar-refractivity contribution >= 4 is 11.9 Å². The third-order valence-corrected chi connectivity index (χ3v) is 5.12. The van der Waals surface area contributed by atoms with Crippen molar-refractivity contribution in [3.05, 3.63) is 0 Å². The molecule has 0 aromatic rings. The average Bonchev–Trinajstić information content (AvgIpc) is 2.84. The summed E-state index contributed by atoms with van der Waals surface area (Å²) in [5.74, 6) is -0.503. The van der Waals surface area contributed by atoms with E-state index >= 15 is 0 Å². The Labute approximate surface area is 120 Å². The molecule has 2 fully saturated rings. The number of rotatable bonds is 3. The highest BCUT2D eigenvalue weighted by molar-refractivity contribution is 5.82. The zero-order chi connectivity index (χ0) is 14.9. The molecule has 0 radical (unpaired) electrons. The molecule has 0 aromatic carbocycles. The van der Waals surface area contributed by atoms with Crippen LogP contribution in [0.15, 0.2) is 0 Å². The van der Waals surface area contributed by atoms with E-state index in [4.69, 9.17) is 0 Å². The molecule has 0 aromatic heterocycles. The van der Waals surface area contributed by atoms with Crippen molar-refractivity contribution in [1.29, 1.82) is 0 Å². The van der Waals surface area contributed by atoms with Crippen LogP contribution in [0.4, 0.5) is 0 Å². The molecule has 2 saturated heterocycles. The number of nitrogens with zero attached hydrogens (tertiary/aromatic N) is 1. The van der Waals surface area contributed by atoms with Gasteiger partial charge in [-0.05, 0) is 38.6 Å². The van der Waals surface area contributed by atoms with E-state index in [9.17, 15) is 14.7 Å². The molecule has 0 spiro atoms. The molecule has 2 aliphatic rings. The van der Waals surface area contributed by atoms with Crippen LogP contribution in [0, 0.1) is 17.3 Å². The Morgan fingerprint density at radius 3 is 2.60 bits per heavy atom. The molecule has 20 heavy (non-hydrogen) atoms. The number of carbonyl (C=O) groups is 2. The van der Waals surface area contributed by atoms with Gasteiger partial charge in [0.1, 0.15) is 0 Å². The SMILES string of the molecule is CC1CC(C(=O)N2CCC(C(=O)O)(C(C)C)C2)CCN1. The lowest BCUT2D eigenvalue weighted by Gasteiger charge is -2.32. The van der Waals surface area contributed by atoms with Crippen molar-refractivity contribution in [2.24, 2.45) is 17.3 Å². The molecule has 2 aliphatic heterocycles. The van der Waals surface area contributed by atoms with Crippen molar-refractivity contribution in [2.75, 3.05) is 19.6 Å². The number of hydrogen-bond acceptors (Lipinski definition) is 3. The van der Waals surface area contributed by atoms with Gasteiger partial charge in [-0.1, -0.05) is 13.8 Å². The van der Waals surface area contributed by atoms with E-state index < -0.39 is 11.4 Å².